The zero-order chi connectivity index (χ0) is 11.4. The lowest BCUT2D eigenvalue weighted by Gasteiger charge is -2.25. The predicted molar refractivity (Wildman–Crippen MR) is 68.4 cm³/mol. The Bertz CT molecular complexity index is 107. The van der Waals surface area contributed by atoms with E-state index in [4.69, 9.17) is 0 Å². The van der Waals surface area contributed by atoms with Gasteiger partial charge in [-0.2, -0.15) is 0 Å². The van der Waals surface area contributed by atoms with Crippen LogP contribution in [0.4, 0.5) is 0 Å². The molecule has 0 bridgehead atoms. The molecule has 1 heterocycles. The van der Waals surface area contributed by atoms with Crippen molar-refractivity contribution in [3.05, 3.63) is 0 Å². The summed E-state index contributed by atoms with van der Waals surface area (Å²) in [4.78, 5) is 2.45. The third-order valence-electron chi connectivity index (χ3n) is 2.61. The van der Waals surface area contributed by atoms with Crippen molar-refractivity contribution in [2.75, 3.05) is 45.8 Å². The molecule has 1 rings (SSSR count). The molecule has 0 saturated carbocycles. The van der Waals surface area contributed by atoms with Crippen molar-refractivity contribution >= 4 is 0 Å². The van der Waals surface area contributed by atoms with Crippen LogP contribution in [0.15, 0.2) is 0 Å². The molecule has 1 aliphatic rings. The molecule has 1 saturated heterocycles. The Morgan fingerprint density at radius 1 is 1.13 bits per heavy atom. The summed E-state index contributed by atoms with van der Waals surface area (Å²) in [5, 5.41) is 6.56. The second-order valence-corrected chi connectivity index (χ2v) is 3.89. The predicted octanol–water partition coefficient (Wildman–Crippen LogP) is 1.31. The van der Waals surface area contributed by atoms with Gasteiger partial charge in [0.15, 0.2) is 0 Å². The fraction of sp³-hybridized carbons (Fsp3) is 1.00. The minimum atomic E-state index is 1.11. The maximum absolute atomic E-state index is 3.31. The summed E-state index contributed by atoms with van der Waals surface area (Å²) in [5.41, 5.74) is 0. The van der Waals surface area contributed by atoms with E-state index in [1.807, 2.05) is 0 Å². The van der Waals surface area contributed by atoms with Crippen LogP contribution in [0.1, 0.15) is 33.6 Å². The first kappa shape index (κ1) is 14.9. The lowest BCUT2D eigenvalue weighted by atomic mass is 10.3. The molecule has 3 nitrogen and oxygen atoms in total. The van der Waals surface area contributed by atoms with E-state index in [-0.39, 0.29) is 0 Å². The molecule has 1 fully saturated rings. The summed E-state index contributed by atoms with van der Waals surface area (Å²) in [6.07, 6.45) is 2.61. The smallest absolute Gasteiger partial charge is 0.0107 e. The summed E-state index contributed by atoms with van der Waals surface area (Å²) < 4.78 is 0. The largest absolute Gasteiger partial charge is 0.317 e. The molecule has 0 amide bonds. The molecule has 15 heavy (non-hydrogen) atoms. The summed E-state index contributed by atoms with van der Waals surface area (Å²) in [7, 11) is 0. The van der Waals surface area contributed by atoms with Gasteiger partial charge in [0.05, 0.1) is 0 Å². The van der Waals surface area contributed by atoms with Crippen molar-refractivity contribution in [3.8, 4) is 0 Å². The Morgan fingerprint density at radius 2 is 1.80 bits per heavy atom. The van der Waals surface area contributed by atoms with Crippen molar-refractivity contribution in [3.63, 3.8) is 0 Å². The Kier molecular flexibility index (Phi) is 11.9. The Hall–Kier alpha value is -0.120. The van der Waals surface area contributed by atoms with Crippen LogP contribution in [0.5, 0.6) is 0 Å². The van der Waals surface area contributed by atoms with Gasteiger partial charge >= 0.3 is 0 Å². The number of likely N-dealkylation sites (N-methyl/N-ethyl adjacent to an activating group) is 1. The average Bonchev–Trinajstić information content (AvgIpc) is 2.32. The first-order valence-electron chi connectivity index (χ1n) is 6.48. The highest BCUT2D eigenvalue weighted by atomic mass is 15.2. The quantitative estimate of drug-likeness (QED) is 0.677. The van der Waals surface area contributed by atoms with E-state index < -0.39 is 0 Å². The van der Waals surface area contributed by atoms with Crippen molar-refractivity contribution in [2.24, 2.45) is 0 Å². The van der Waals surface area contributed by atoms with Gasteiger partial charge in [-0.25, -0.2) is 0 Å². The Morgan fingerprint density at radius 3 is 2.20 bits per heavy atom. The van der Waals surface area contributed by atoms with E-state index in [1.54, 1.807) is 0 Å². The highest BCUT2D eigenvalue weighted by molar-refractivity contribution is 4.64. The SMILES string of the molecule is CCCCNCC.CCN1CCNCC1. The number of hydrogen-bond acceptors (Lipinski definition) is 3. The first-order chi connectivity index (χ1) is 7.35. The number of nitrogens with one attached hydrogen (secondary N) is 2. The van der Waals surface area contributed by atoms with Crippen molar-refractivity contribution in [1.82, 2.24) is 15.5 Å². The van der Waals surface area contributed by atoms with Crippen molar-refractivity contribution < 1.29 is 0 Å². The molecule has 0 aromatic rings. The van der Waals surface area contributed by atoms with E-state index in [9.17, 15) is 0 Å². The van der Waals surface area contributed by atoms with Gasteiger partial charge in [0, 0.05) is 26.2 Å². The number of rotatable bonds is 5. The van der Waals surface area contributed by atoms with Crippen LogP contribution in [0, 0.1) is 0 Å². The van der Waals surface area contributed by atoms with Gasteiger partial charge in [0.1, 0.15) is 0 Å². The molecular formula is C12H29N3. The zero-order valence-corrected chi connectivity index (χ0v) is 10.8. The van der Waals surface area contributed by atoms with Gasteiger partial charge in [0.2, 0.25) is 0 Å². The average molecular weight is 215 g/mol. The minimum Gasteiger partial charge on any atom is -0.317 e. The maximum Gasteiger partial charge on any atom is 0.0107 e. The molecule has 0 aliphatic carbocycles. The highest BCUT2D eigenvalue weighted by Crippen LogP contribution is 1.88. The molecule has 3 heteroatoms. The molecule has 0 aromatic heterocycles. The van der Waals surface area contributed by atoms with Crippen molar-refractivity contribution in [1.29, 1.82) is 0 Å². The third kappa shape index (κ3) is 10.2. The monoisotopic (exact) mass is 215 g/mol. The molecular weight excluding hydrogens is 186 g/mol. The Balaban J connectivity index is 0.000000265. The maximum atomic E-state index is 3.31. The van der Waals surface area contributed by atoms with E-state index in [0.29, 0.717) is 0 Å². The van der Waals surface area contributed by atoms with Gasteiger partial charge in [-0.15, -0.1) is 0 Å². The van der Waals surface area contributed by atoms with Gasteiger partial charge in [-0.1, -0.05) is 27.2 Å². The number of nitrogens with zero attached hydrogens (tertiary/aromatic N) is 1. The fourth-order valence-corrected chi connectivity index (χ4v) is 1.51. The fourth-order valence-electron chi connectivity index (χ4n) is 1.51. The molecule has 1 aliphatic heterocycles. The topological polar surface area (TPSA) is 27.3 Å². The van der Waals surface area contributed by atoms with Gasteiger partial charge in [-0.3, -0.25) is 0 Å². The van der Waals surface area contributed by atoms with Crippen LogP contribution in [0.25, 0.3) is 0 Å². The number of hydrogen-bond donors (Lipinski definition) is 2. The third-order valence-corrected chi connectivity index (χ3v) is 2.61. The molecule has 0 radical (unpaired) electrons. The van der Waals surface area contributed by atoms with E-state index in [1.165, 1.54) is 52.1 Å². The van der Waals surface area contributed by atoms with Crippen LogP contribution < -0.4 is 10.6 Å². The van der Waals surface area contributed by atoms with Crippen LogP contribution in [-0.4, -0.2) is 50.7 Å². The second kappa shape index (κ2) is 12.0. The highest BCUT2D eigenvalue weighted by Gasteiger charge is 2.04. The van der Waals surface area contributed by atoms with Gasteiger partial charge in [-0.05, 0) is 26.1 Å². The summed E-state index contributed by atoms with van der Waals surface area (Å²) >= 11 is 0. The van der Waals surface area contributed by atoms with Crippen LogP contribution in [0.2, 0.25) is 0 Å². The van der Waals surface area contributed by atoms with E-state index >= 15 is 0 Å². The molecule has 0 atom stereocenters. The second-order valence-electron chi connectivity index (χ2n) is 3.89. The summed E-state index contributed by atoms with van der Waals surface area (Å²) in [6, 6.07) is 0. The van der Waals surface area contributed by atoms with Gasteiger partial charge < -0.3 is 15.5 Å². The number of unbranched alkanes of at least 4 members (excludes halogenated alkanes) is 1. The molecule has 2 N–H and O–H groups in total. The van der Waals surface area contributed by atoms with E-state index in [2.05, 4.69) is 36.3 Å². The van der Waals surface area contributed by atoms with Gasteiger partial charge in [0.25, 0.3) is 0 Å². The standard InChI is InChI=1S/C6H14N2.C6H15N/c1-2-8-5-3-7-4-6-8;1-3-5-6-7-4-2/h7H,2-6H2,1H3;7H,3-6H2,1-2H3. The zero-order valence-electron chi connectivity index (χ0n) is 10.8. The number of piperazine rings is 1. The van der Waals surface area contributed by atoms with Crippen molar-refractivity contribution in [2.45, 2.75) is 33.6 Å². The van der Waals surface area contributed by atoms with E-state index in [0.717, 1.165) is 6.54 Å². The minimum absolute atomic E-state index is 1.11. The summed E-state index contributed by atoms with van der Waals surface area (Å²) in [5.74, 6) is 0. The molecule has 0 unspecified atom stereocenters. The van der Waals surface area contributed by atoms with Crippen LogP contribution >= 0.6 is 0 Å². The normalized spacial score (nSPS) is 17.0. The molecule has 92 valence electrons. The Labute approximate surface area is 95.6 Å². The lowest BCUT2D eigenvalue weighted by molar-refractivity contribution is 0.253. The van der Waals surface area contributed by atoms with Crippen LogP contribution in [-0.2, 0) is 0 Å². The lowest BCUT2D eigenvalue weighted by Crippen LogP contribution is -2.43. The molecule has 0 aromatic carbocycles. The van der Waals surface area contributed by atoms with Crippen LogP contribution in [0.3, 0.4) is 0 Å². The summed E-state index contributed by atoms with van der Waals surface area (Å²) in [6.45, 7) is 14.9. The molecule has 0 spiro atoms. The first-order valence-corrected chi connectivity index (χ1v) is 6.48.